The monoisotopic (exact) mass is 139 g/mol. The Hall–Kier alpha value is -1.31. The fourth-order valence-electron chi connectivity index (χ4n) is 0.361. The summed E-state index contributed by atoms with van der Waals surface area (Å²) in [5.74, 6) is -0.428. The summed E-state index contributed by atoms with van der Waals surface area (Å²) in [5.41, 5.74) is 5.34. The van der Waals surface area contributed by atoms with Crippen LogP contribution in [0.25, 0.3) is 0 Å². The molecule has 2 N–H and O–H groups in total. The van der Waals surface area contributed by atoms with Crippen LogP contribution in [0.3, 0.4) is 0 Å². The highest BCUT2D eigenvalue weighted by Crippen LogP contribution is 1.90. The van der Waals surface area contributed by atoms with Crippen LogP contribution in [0.15, 0.2) is 37.5 Å². The highest BCUT2D eigenvalue weighted by molar-refractivity contribution is 5.94. The van der Waals surface area contributed by atoms with Gasteiger partial charge >= 0.3 is 0 Å². The molecule has 0 saturated carbocycles. The van der Waals surface area contributed by atoms with E-state index in [-0.39, 0.29) is 0 Å². The molecule has 56 valence electrons. The standard InChI is InChI=1S/C6H9NO.C2H4/c1-3-5(4-2)6(7)8;1-2/h3-4H,1H2,2H3,(H2,7,8);1-2H2/b5-4+;. The molecule has 0 rings (SSSR count). The van der Waals surface area contributed by atoms with Crippen molar-refractivity contribution >= 4 is 5.91 Å². The average molecular weight is 139 g/mol. The third-order valence-corrected chi connectivity index (χ3v) is 0.815. The molecule has 2 heteroatoms. The first-order chi connectivity index (χ1) is 4.72. The molecule has 1 amide bonds. The van der Waals surface area contributed by atoms with Crippen LogP contribution in [-0.2, 0) is 4.79 Å². The number of rotatable bonds is 2. The average Bonchev–Trinajstić information content (AvgIpc) is 1.94. The van der Waals surface area contributed by atoms with Gasteiger partial charge in [0.15, 0.2) is 0 Å². The van der Waals surface area contributed by atoms with Crippen molar-refractivity contribution in [2.45, 2.75) is 6.92 Å². The Morgan fingerprint density at radius 2 is 1.90 bits per heavy atom. The second kappa shape index (κ2) is 7.69. The lowest BCUT2D eigenvalue weighted by atomic mass is 10.2. The Bertz CT molecular complexity index is 147. The van der Waals surface area contributed by atoms with Crippen molar-refractivity contribution in [3.8, 4) is 0 Å². The minimum atomic E-state index is -0.428. The molecule has 10 heavy (non-hydrogen) atoms. The van der Waals surface area contributed by atoms with Crippen molar-refractivity contribution < 1.29 is 4.79 Å². The van der Waals surface area contributed by atoms with Gasteiger partial charge in [0.05, 0.1) is 0 Å². The van der Waals surface area contributed by atoms with Crippen LogP contribution in [0, 0.1) is 0 Å². The van der Waals surface area contributed by atoms with E-state index in [1.807, 2.05) is 0 Å². The highest BCUT2D eigenvalue weighted by Gasteiger charge is 1.93. The zero-order valence-corrected chi connectivity index (χ0v) is 6.26. The molecule has 0 fully saturated rings. The number of carbonyl (C=O) groups is 1. The van der Waals surface area contributed by atoms with Crippen molar-refractivity contribution in [2.75, 3.05) is 0 Å². The fourth-order valence-corrected chi connectivity index (χ4v) is 0.361. The van der Waals surface area contributed by atoms with Gasteiger partial charge in [0.25, 0.3) is 0 Å². The molecule has 0 radical (unpaired) electrons. The van der Waals surface area contributed by atoms with Crippen LogP contribution in [0.2, 0.25) is 0 Å². The maximum Gasteiger partial charge on any atom is 0.248 e. The van der Waals surface area contributed by atoms with Crippen LogP contribution >= 0.6 is 0 Å². The molecule has 0 heterocycles. The summed E-state index contributed by atoms with van der Waals surface area (Å²) in [7, 11) is 0. The van der Waals surface area contributed by atoms with E-state index >= 15 is 0 Å². The van der Waals surface area contributed by atoms with Gasteiger partial charge < -0.3 is 5.73 Å². The van der Waals surface area contributed by atoms with Gasteiger partial charge in [-0.2, -0.15) is 0 Å². The van der Waals surface area contributed by atoms with E-state index in [1.54, 1.807) is 13.0 Å². The summed E-state index contributed by atoms with van der Waals surface area (Å²) in [5, 5.41) is 0. The lowest BCUT2D eigenvalue weighted by Crippen LogP contribution is -2.11. The molecular weight excluding hydrogens is 126 g/mol. The number of hydrogen-bond acceptors (Lipinski definition) is 1. The quantitative estimate of drug-likeness (QED) is 0.351. The third kappa shape index (κ3) is 4.84. The topological polar surface area (TPSA) is 43.1 Å². The maximum absolute atomic E-state index is 10.2. The van der Waals surface area contributed by atoms with E-state index in [4.69, 9.17) is 5.73 Å². The SMILES string of the molecule is C=C.C=C/C(=C\C)C(N)=O. The Kier molecular flexibility index (Phi) is 8.83. The smallest absolute Gasteiger partial charge is 0.248 e. The number of amides is 1. The molecule has 0 aromatic heterocycles. The van der Waals surface area contributed by atoms with Gasteiger partial charge in [0, 0.05) is 5.57 Å². The summed E-state index contributed by atoms with van der Waals surface area (Å²) in [4.78, 5) is 10.2. The summed E-state index contributed by atoms with van der Waals surface area (Å²) in [6, 6.07) is 0. The molecule has 0 aliphatic heterocycles. The van der Waals surface area contributed by atoms with Crippen LogP contribution in [0.4, 0.5) is 0 Å². The molecule has 0 spiro atoms. The number of hydrogen-bond donors (Lipinski definition) is 1. The predicted molar refractivity (Wildman–Crippen MR) is 44.4 cm³/mol. The van der Waals surface area contributed by atoms with Crippen molar-refractivity contribution in [1.29, 1.82) is 0 Å². The van der Waals surface area contributed by atoms with Gasteiger partial charge in [-0.25, -0.2) is 0 Å². The Labute approximate surface area is 61.7 Å². The van der Waals surface area contributed by atoms with Crippen molar-refractivity contribution in [3.05, 3.63) is 37.5 Å². The van der Waals surface area contributed by atoms with E-state index in [2.05, 4.69) is 19.7 Å². The number of allylic oxidation sites excluding steroid dienone is 1. The summed E-state index contributed by atoms with van der Waals surface area (Å²) < 4.78 is 0. The van der Waals surface area contributed by atoms with Gasteiger partial charge in [0.1, 0.15) is 0 Å². The molecule has 0 saturated heterocycles. The van der Waals surface area contributed by atoms with E-state index < -0.39 is 5.91 Å². The van der Waals surface area contributed by atoms with Gasteiger partial charge in [-0.3, -0.25) is 4.79 Å². The molecule has 2 nitrogen and oxygen atoms in total. The van der Waals surface area contributed by atoms with Gasteiger partial charge in [-0.15, -0.1) is 13.2 Å². The molecule has 0 aromatic rings. The summed E-state index contributed by atoms with van der Waals surface area (Å²) in [6.45, 7) is 11.1. The lowest BCUT2D eigenvalue weighted by Gasteiger charge is -1.88. The first kappa shape index (κ1) is 11.5. The minimum Gasteiger partial charge on any atom is -0.366 e. The Morgan fingerprint density at radius 1 is 1.50 bits per heavy atom. The lowest BCUT2D eigenvalue weighted by molar-refractivity contribution is -0.114. The molecule has 0 aliphatic carbocycles. The molecule has 0 aliphatic rings. The maximum atomic E-state index is 10.2. The second-order valence-electron chi connectivity index (χ2n) is 1.31. The van der Waals surface area contributed by atoms with E-state index in [9.17, 15) is 4.79 Å². The predicted octanol–water partition coefficient (Wildman–Crippen LogP) is 1.41. The minimum absolute atomic E-state index is 0.428. The third-order valence-electron chi connectivity index (χ3n) is 0.815. The summed E-state index contributed by atoms with van der Waals surface area (Å²) in [6.07, 6.45) is 3.05. The number of primary amides is 1. The normalized spacial score (nSPS) is 9.10. The Morgan fingerprint density at radius 3 is 1.90 bits per heavy atom. The molecule has 0 unspecified atom stereocenters. The largest absolute Gasteiger partial charge is 0.366 e. The van der Waals surface area contributed by atoms with Crippen LogP contribution in [-0.4, -0.2) is 5.91 Å². The molecule has 0 aromatic carbocycles. The molecule has 0 atom stereocenters. The molecular formula is C8H13NO. The van der Waals surface area contributed by atoms with E-state index in [0.717, 1.165) is 0 Å². The zero-order chi connectivity index (χ0) is 8.57. The van der Waals surface area contributed by atoms with Crippen LogP contribution < -0.4 is 5.73 Å². The van der Waals surface area contributed by atoms with Crippen molar-refractivity contribution in [3.63, 3.8) is 0 Å². The molecule has 0 bridgehead atoms. The van der Waals surface area contributed by atoms with E-state index in [1.165, 1.54) is 6.08 Å². The van der Waals surface area contributed by atoms with Gasteiger partial charge in [0.2, 0.25) is 5.91 Å². The van der Waals surface area contributed by atoms with Crippen molar-refractivity contribution in [2.24, 2.45) is 5.73 Å². The first-order valence-corrected chi connectivity index (χ1v) is 2.81. The van der Waals surface area contributed by atoms with Gasteiger partial charge in [-0.1, -0.05) is 18.7 Å². The second-order valence-corrected chi connectivity index (χ2v) is 1.31. The number of nitrogens with two attached hydrogens (primary N) is 1. The Balaban J connectivity index is 0. The zero-order valence-electron chi connectivity index (χ0n) is 6.26. The van der Waals surface area contributed by atoms with Crippen molar-refractivity contribution in [1.82, 2.24) is 0 Å². The number of carbonyl (C=O) groups excluding carboxylic acids is 1. The highest BCUT2D eigenvalue weighted by atomic mass is 16.1. The summed E-state index contributed by atoms with van der Waals surface area (Å²) >= 11 is 0. The van der Waals surface area contributed by atoms with E-state index in [0.29, 0.717) is 5.57 Å². The van der Waals surface area contributed by atoms with Gasteiger partial charge in [-0.05, 0) is 6.92 Å². The van der Waals surface area contributed by atoms with Crippen LogP contribution in [0.1, 0.15) is 6.92 Å². The first-order valence-electron chi connectivity index (χ1n) is 2.81. The fraction of sp³-hybridized carbons (Fsp3) is 0.125. The van der Waals surface area contributed by atoms with Crippen LogP contribution in [0.5, 0.6) is 0 Å².